The van der Waals surface area contributed by atoms with Gasteiger partial charge in [-0.3, -0.25) is 14.9 Å². The number of sulfonamides is 1. The Balaban J connectivity index is 1.96. The first-order chi connectivity index (χ1) is 16.1. The molecule has 9 nitrogen and oxygen atoms in total. The van der Waals surface area contributed by atoms with Gasteiger partial charge in [0.05, 0.1) is 17.7 Å². The van der Waals surface area contributed by atoms with Gasteiger partial charge in [0.2, 0.25) is 15.9 Å². The number of hydrogen-bond acceptors (Lipinski definition) is 6. The van der Waals surface area contributed by atoms with Gasteiger partial charge in [0.15, 0.2) is 0 Å². The summed E-state index contributed by atoms with van der Waals surface area (Å²) in [5.74, 6) is -0.623. The van der Waals surface area contributed by atoms with E-state index in [-0.39, 0.29) is 33.5 Å². The molecule has 0 saturated carbocycles. The molecule has 0 aliphatic rings. The summed E-state index contributed by atoms with van der Waals surface area (Å²) in [4.78, 5) is 23.6. The van der Waals surface area contributed by atoms with Gasteiger partial charge in [-0.1, -0.05) is 48.0 Å². The molecule has 0 fully saturated rings. The molecule has 0 unspecified atom stereocenters. The molecular weight excluding hydrogens is 482 g/mol. The maximum atomic E-state index is 13.2. The van der Waals surface area contributed by atoms with Crippen molar-refractivity contribution in [3.05, 3.63) is 93.0 Å². The summed E-state index contributed by atoms with van der Waals surface area (Å²) in [5, 5.41) is 13.9. The molecule has 0 aromatic heterocycles. The van der Waals surface area contributed by atoms with Crippen LogP contribution in [0.15, 0.2) is 71.6 Å². The second-order valence-electron chi connectivity index (χ2n) is 7.40. The molecule has 3 rings (SSSR count). The zero-order chi connectivity index (χ0) is 24.9. The standard InChI is InChI=1S/C23H22ClN3O6S/c1-15-8-10-18(27(29)30)14-19(15)25-23(28)20(12-16-6-4-3-5-7-16)26-34(31,32)22-13-17(24)9-11-21(22)33-2/h3-11,13-14,20,26H,12H2,1-2H3,(H,25,28)/t20-/m0/s1. The lowest BCUT2D eigenvalue weighted by Crippen LogP contribution is -2.45. The van der Waals surface area contributed by atoms with Crippen LogP contribution < -0.4 is 14.8 Å². The molecule has 1 atom stereocenters. The number of nitrogens with zero attached hydrogens (tertiary/aromatic N) is 1. The van der Waals surface area contributed by atoms with Crippen LogP contribution >= 0.6 is 11.6 Å². The summed E-state index contributed by atoms with van der Waals surface area (Å²) < 4.78 is 34.0. The highest BCUT2D eigenvalue weighted by molar-refractivity contribution is 7.89. The summed E-state index contributed by atoms with van der Waals surface area (Å²) in [6.07, 6.45) is 0.0305. The Hall–Kier alpha value is -3.47. The fourth-order valence-corrected chi connectivity index (χ4v) is 4.85. The number of non-ortho nitro benzene ring substituents is 1. The van der Waals surface area contributed by atoms with Crippen molar-refractivity contribution in [3.63, 3.8) is 0 Å². The number of nitro benzene ring substituents is 1. The van der Waals surface area contributed by atoms with E-state index in [2.05, 4.69) is 10.0 Å². The van der Waals surface area contributed by atoms with Crippen molar-refractivity contribution in [1.29, 1.82) is 0 Å². The third kappa shape index (κ3) is 6.10. The quantitative estimate of drug-likeness (QED) is 0.334. The molecule has 0 radical (unpaired) electrons. The fraction of sp³-hybridized carbons (Fsp3) is 0.174. The summed E-state index contributed by atoms with van der Waals surface area (Å²) in [6.45, 7) is 1.67. The van der Waals surface area contributed by atoms with Crippen molar-refractivity contribution in [2.45, 2.75) is 24.3 Å². The molecule has 178 valence electrons. The normalized spacial score (nSPS) is 12.1. The highest BCUT2D eigenvalue weighted by Gasteiger charge is 2.29. The van der Waals surface area contributed by atoms with Crippen LogP contribution in [-0.4, -0.2) is 32.4 Å². The average molecular weight is 504 g/mol. The Morgan fingerprint density at radius 2 is 1.82 bits per heavy atom. The molecule has 0 aliphatic heterocycles. The van der Waals surface area contributed by atoms with Crippen LogP contribution in [0.4, 0.5) is 11.4 Å². The Morgan fingerprint density at radius 1 is 1.12 bits per heavy atom. The summed E-state index contributed by atoms with van der Waals surface area (Å²) in [5.41, 5.74) is 1.29. The van der Waals surface area contributed by atoms with E-state index in [4.69, 9.17) is 16.3 Å². The number of carbonyl (C=O) groups excluding carboxylic acids is 1. The zero-order valence-electron chi connectivity index (χ0n) is 18.3. The van der Waals surface area contributed by atoms with Crippen molar-refractivity contribution in [2.75, 3.05) is 12.4 Å². The number of anilines is 1. The van der Waals surface area contributed by atoms with Gasteiger partial charge in [0.25, 0.3) is 5.69 Å². The number of halogens is 1. The van der Waals surface area contributed by atoms with Gasteiger partial charge < -0.3 is 10.1 Å². The lowest BCUT2D eigenvalue weighted by molar-refractivity contribution is -0.384. The Labute approximate surface area is 201 Å². The number of ether oxygens (including phenoxy) is 1. The second kappa shape index (κ2) is 10.6. The highest BCUT2D eigenvalue weighted by Crippen LogP contribution is 2.28. The van der Waals surface area contributed by atoms with E-state index < -0.39 is 26.9 Å². The molecular formula is C23H22ClN3O6S. The van der Waals surface area contributed by atoms with Crippen LogP contribution in [0.5, 0.6) is 5.75 Å². The molecule has 0 saturated heterocycles. The maximum absolute atomic E-state index is 13.2. The molecule has 1 amide bonds. The Kier molecular flexibility index (Phi) is 7.87. The number of amides is 1. The topological polar surface area (TPSA) is 128 Å². The van der Waals surface area contributed by atoms with E-state index in [1.54, 1.807) is 37.3 Å². The third-order valence-electron chi connectivity index (χ3n) is 5.00. The maximum Gasteiger partial charge on any atom is 0.271 e. The van der Waals surface area contributed by atoms with Gasteiger partial charge in [-0.15, -0.1) is 0 Å². The minimum absolute atomic E-state index is 0.0305. The minimum Gasteiger partial charge on any atom is -0.495 e. The number of carbonyl (C=O) groups is 1. The van der Waals surface area contributed by atoms with Crippen LogP contribution in [-0.2, 0) is 21.2 Å². The predicted molar refractivity (Wildman–Crippen MR) is 129 cm³/mol. The number of benzene rings is 3. The third-order valence-corrected chi connectivity index (χ3v) is 6.73. The van der Waals surface area contributed by atoms with Gasteiger partial charge in [0, 0.05) is 17.2 Å². The summed E-state index contributed by atoms with van der Waals surface area (Å²) in [7, 11) is -2.92. The number of hydrogen-bond donors (Lipinski definition) is 2. The van der Waals surface area contributed by atoms with Crippen molar-refractivity contribution in [3.8, 4) is 5.75 Å². The van der Waals surface area contributed by atoms with Crippen LogP contribution in [0.3, 0.4) is 0 Å². The average Bonchev–Trinajstić information content (AvgIpc) is 2.80. The SMILES string of the molecule is COc1ccc(Cl)cc1S(=O)(=O)N[C@@H](Cc1ccccc1)C(=O)Nc1cc([N+](=O)[O-])ccc1C. The lowest BCUT2D eigenvalue weighted by Gasteiger charge is -2.20. The van der Waals surface area contributed by atoms with E-state index in [1.807, 2.05) is 0 Å². The van der Waals surface area contributed by atoms with Crippen molar-refractivity contribution in [1.82, 2.24) is 4.72 Å². The molecule has 11 heteroatoms. The Morgan fingerprint density at radius 3 is 2.47 bits per heavy atom. The van der Waals surface area contributed by atoms with Crippen LogP contribution in [0, 0.1) is 17.0 Å². The van der Waals surface area contributed by atoms with E-state index in [0.717, 1.165) is 0 Å². The Bertz CT molecular complexity index is 1320. The zero-order valence-corrected chi connectivity index (χ0v) is 19.9. The van der Waals surface area contributed by atoms with Gasteiger partial charge in [0.1, 0.15) is 16.7 Å². The number of nitrogens with one attached hydrogen (secondary N) is 2. The van der Waals surface area contributed by atoms with Gasteiger partial charge >= 0.3 is 0 Å². The van der Waals surface area contributed by atoms with Crippen molar-refractivity contribution < 1.29 is 22.9 Å². The van der Waals surface area contributed by atoms with Gasteiger partial charge in [-0.25, -0.2) is 8.42 Å². The highest BCUT2D eigenvalue weighted by atomic mass is 35.5. The van der Waals surface area contributed by atoms with Crippen LogP contribution in [0.2, 0.25) is 5.02 Å². The second-order valence-corrected chi connectivity index (χ2v) is 9.52. The first-order valence-corrected chi connectivity index (χ1v) is 11.9. The molecule has 0 spiro atoms. The van der Waals surface area contributed by atoms with E-state index in [0.29, 0.717) is 11.1 Å². The van der Waals surface area contributed by atoms with E-state index in [9.17, 15) is 23.3 Å². The first-order valence-electron chi connectivity index (χ1n) is 10.1. The minimum atomic E-state index is -4.24. The molecule has 0 aliphatic carbocycles. The monoisotopic (exact) mass is 503 g/mol. The molecule has 2 N–H and O–H groups in total. The largest absolute Gasteiger partial charge is 0.495 e. The number of aryl methyl sites for hydroxylation is 1. The molecule has 3 aromatic rings. The summed E-state index contributed by atoms with van der Waals surface area (Å²) >= 11 is 5.99. The number of nitro groups is 1. The lowest BCUT2D eigenvalue weighted by atomic mass is 10.1. The van der Waals surface area contributed by atoms with Crippen LogP contribution in [0.1, 0.15) is 11.1 Å². The first kappa shape index (κ1) is 25.2. The van der Waals surface area contributed by atoms with Gasteiger partial charge in [-0.2, -0.15) is 4.72 Å². The predicted octanol–water partition coefficient (Wildman–Crippen LogP) is 4.09. The molecule has 0 heterocycles. The smallest absolute Gasteiger partial charge is 0.271 e. The van der Waals surface area contributed by atoms with E-state index >= 15 is 0 Å². The van der Waals surface area contributed by atoms with Crippen LogP contribution in [0.25, 0.3) is 0 Å². The molecule has 34 heavy (non-hydrogen) atoms. The summed E-state index contributed by atoms with van der Waals surface area (Å²) in [6, 6.07) is 15.8. The number of methoxy groups -OCH3 is 1. The van der Waals surface area contributed by atoms with E-state index in [1.165, 1.54) is 43.5 Å². The molecule has 0 bridgehead atoms. The molecule has 3 aromatic carbocycles. The van der Waals surface area contributed by atoms with Crippen molar-refractivity contribution >= 4 is 38.9 Å². The fourth-order valence-electron chi connectivity index (χ4n) is 3.23. The van der Waals surface area contributed by atoms with Gasteiger partial charge in [-0.05, 0) is 42.7 Å². The van der Waals surface area contributed by atoms with Crippen molar-refractivity contribution in [2.24, 2.45) is 0 Å². The number of rotatable bonds is 9.